The Morgan fingerprint density at radius 3 is 2.92 bits per heavy atom. The minimum atomic E-state index is 0.379. The van der Waals surface area contributed by atoms with E-state index in [0.717, 1.165) is 9.93 Å². The van der Waals surface area contributed by atoms with Crippen LogP contribution in [0.4, 0.5) is 0 Å². The van der Waals surface area contributed by atoms with Gasteiger partial charge in [-0.05, 0) is 18.4 Å². The lowest BCUT2D eigenvalue weighted by Gasteiger charge is -2.01. The van der Waals surface area contributed by atoms with E-state index in [2.05, 4.69) is 17.6 Å². The first kappa shape index (κ1) is 10.2. The summed E-state index contributed by atoms with van der Waals surface area (Å²) >= 11 is 2.91. The summed E-state index contributed by atoms with van der Waals surface area (Å²) in [6.45, 7) is 3.45. The molecule has 0 amide bonds. The molecule has 1 heterocycles. The SMILES string of the molecule is C#CC1=CS/C(=C(/N=C)SC)C1=N. The summed E-state index contributed by atoms with van der Waals surface area (Å²) in [5.74, 6) is 2.46. The van der Waals surface area contributed by atoms with E-state index in [1.807, 2.05) is 6.26 Å². The molecular weight excluding hydrogens is 200 g/mol. The number of terminal acetylenes is 1. The number of nitrogens with zero attached hydrogens (tertiary/aromatic N) is 1. The largest absolute Gasteiger partial charge is 0.298 e. The van der Waals surface area contributed by atoms with Crippen molar-refractivity contribution in [2.45, 2.75) is 0 Å². The van der Waals surface area contributed by atoms with Crippen LogP contribution in [0.2, 0.25) is 0 Å². The van der Waals surface area contributed by atoms with Crippen LogP contribution in [0.3, 0.4) is 0 Å². The molecule has 1 aliphatic heterocycles. The van der Waals surface area contributed by atoms with Gasteiger partial charge < -0.3 is 0 Å². The molecule has 1 N–H and O–H groups in total. The smallest absolute Gasteiger partial charge is 0.111 e. The van der Waals surface area contributed by atoms with Gasteiger partial charge in [-0.1, -0.05) is 17.7 Å². The first-order valence-electron chi connectivity index (χ1n) is 3.42. The fraction of sp³-hybridized carbons (Fsp3) is 0.111. The zero-order valence-electron chi connectivity index (χ0n) is 7.13. The summed E-state index contributed by atoms with van der Waals surface area (Å²) in [7, 11) is 0. The van der Waals surface area contributed by atoms with Gasteiger partial charge in [-0.2, -0.15) is 0 Å². The van der Waals surface area contributed by atoms with Crippen LogP contribution in [0.1, 0.15) is 0 Å². The van der Waals surface area contributed by atoms with Crippen molar-refractivity contribution in [3.05, 3.63) is 20.9 Å². The maximum atomic E-state index is 7.71. The lowest BCUT2D eigenvalue weighted by molar-refractivity contribution is 1.49. The fourth-order valence-corrected chi connectivity index (χ4v) is 2.48. The molecule has 0 bridgehead atoms. The Morgan fingerprint density at radius 1 is 1.85 bits per heavy atom. The number of hydrogen-bond donors (Lipinski definition) is 1. The second-order valence-corrected chi connectivity index (χ2v) is 3.84. The average molecular weight is 208 g/mol. The maximum Gasteiger partial charge on any atom is 0.111 e. The second kappa shape index (κ2) is 4.35. The van der Waals surface area contributed by atoms with E-state index in [0.29, 0.717) is 11.3 Å². The van der Waals surface area contributed by atoms with Gasteiger partial charge in [0.15, 0.2) is 0 Å². The minimum Gasteiger partial charge on any atom is -0.298 e. The Kier molecular flexibility index (Phi) is 3.40. The zero-order valence-corrected chi connectivity index (χ0v) is 8.76. The van der Waals surface area contributed by atoms with Gasteiger partial charge in [0.05, 0.1) is 16.2 Å². The molecule has 0 aliphatic carbocycles. The number of nitrogens with one attached hydrogen (secondary N) is 1. The lowest BCUT2D eigenvalue weighted by atomic mass is 10.2. The Balaban J connectivity index is 3.05. The van der Waals surface area contributed by atoms with Crippen LogP contribution in [-0.2, 0) is 0 Å². The van der Waals surface area contributed by atoms with E-state index < -0.39 is 0 Å². The molecule has 4 heteroatoms. The van der Waals surface area contributed by atoms with Gasteiger partial charge in [-0.15, -0.1) is 18.2 Å². The van der Waals surface area contributed by atoms with Crippen molar-refractivity contribution in [1.82, 2.24) is 0 Å². The van der Waals surface area contributed by atoms with Crippen molar-refractivity contribution in [3.8, 4) is 12.3 Å². The van der Waals surface area contributed by atoms with Crippen molar-refractivity contribution >= 4 is 36.0 Å². The van der Waals surface area contributed by atoms with Crippen LogP contribution < -0.4 is 0 Å². The van der Waals surface area contributed by atoms with Crippen molar-refractivity contribution in [1.29, 1.82) is 5.41 Å². The van der Waals surface area contributed by atoms with Gasteiger partial charge >= 0.3 is 0 Å². The van der Waals surface area contributed by atoms with Crippen LogP contribution in [0, 0.1) is 17.8 Å². The number of aliphatic imine (C=N–C) groups is 1. The van der Waals surface area contributed by atoms with Crippen LogP contribution in [-0.4, -0.2) is 18.7 Å². The van der Waals surface area contributed by atoms with Gasteiger partial charge in [-0.25, -0.2) is 0 Å². The van der Waals surface area contributed by atoms with Crippen molar-refractivity contribution in [2.75, 3.05) is 6.26 Å². The van der Waals surface area contributed by atoms with Crippen LogP contribution in [0.25, 0.3) is 0 Å². The fourth-order valence-electron chi connectivity index (χ4n) is 0.851. The monoisotopic (exact) mass is 208 g/mol. The Morgan fingerprint density at radius 2 is 2.54 bits per heavy atom. The molecule has 0 saturated carbocycles. The summed E-state index contributed by atoms with van der Waals surface area (Å²) in [5.41, 5.74) is 0.999. The summed E-state index contributed by atoms with van der Waals surface area (Å²) < 4.78 is 0. The lowest BCUT2D eigenvalue weighted by Crippen LogP contribution is -1.96. The summed E-state index contributed by atoms with van der Waals surface area (Å²) in [5, 5.41) is 10.3. The zero-order chi connectivity index (χ0) is 9.84. The number of thioether (sulfide) groups is 2. The van der Waals surface area contributed by atoms with Gasteiger partial charge in [0.1, 0.15) is 5.03 Å². The first-order valence-corrected chi connectivity index (χ1v) is 5.52. The molecule has 0 atom stereocenters. The molecule has 0 aromatic rings. The third kappa shape index (κ3) is 1.87. The number of rotatable bonds is 2. The molecule has 0 radical (unpaired) electrons. The normalized spacial score (nSPS) is 19.4. The molecule has 0 fully saturated rings. The molecule has 66 valence electrons. The van der Waals surface area contributed by atoms with Gasteiger partial charge in [0.25, 0.3) is 0 Å². The topological polar surface area (TPSA) is 36.2 Å². The quantitative estimate of drug-likeness (QED) is 0.559. The van der Waals surface area contributed by atoms with E-state index >= 15 is 0 Å². The van der Waals surface area contributed by atoms with Crippen molar-refractivity contribution < 1.29 is 0 Å². The highest BCUT2D eigenvalue weighted by Crippen LogP contribution is 2.36. The predicted octanol–water partition coefficient (Wildman–Crippen LogP) is 2.50. The predicted molar refractivity (Wildman–Crippen MR) is 62.3 cm³/mol. The molecule has 1 rings (SSSR count). The summed E-state index contributed by atoms with van der Waals surface area (Å²) in [6, 6.07) is 0. The first-order chi connectivity index (χ1) is 6.24. The molecule has 0 unspecified atom stereocenters. The Hall–Kier alpha value is -0.920. The van der Waals surface area contributed by atoms with E-state index in [1.54, 1.807) is 5.41 Å². The van der Waals surface area contributed by atoms with Gasteiger partial charge in [0.2, 0.25) is 0 Å². The summed E-state index contributed by atoms with van der Waals surface area (Å²) in [4.78, 5) is 4.64. The molecule has 0 aromatic carbocycles. The van der Waals surface area contributed by atoms with Gasteiger partial charge in [-0.3, -0.25) is 10.4 Å². The van der Waals surface area contributed by atoms with Crippen molar-refractivity contribution in [2.24, 2.45) is 4.99 Å². The highest BCUT2D eigenvalue weighted by atomic mass is 32.2. The van der Waals surface area contributed by atoms with E-state index in [-0.39, 0.29) is 0 Å². The second-order valence-electron chi connectivity index (χ2n) is 2.17. The van der Waals surface area contributed by atoms with Crippen molar-refractivity contribution in [3.63, 3.8) is 0 Å². The highest BCUT2D eigenvalue weighted by molar-refractivity contribution is 8.09. The average Bonchev–Trinajstić information content (AvgIpc) is 2.50. The maximum absolute atomic E-state index is 7.71. The van der Waals surface area contributed by atoms with Crippen LogP contribution >= 0.6 is 23.5 Å². The van der Waals surface area contributed by atoms with Gasteiger partial charge in [0, 0.05) is 0 Å². The molecule has 1 aliphatic rings. The minimum absolute atomic E-state index is 0.379. The molecule has 0 aromatic heterocycles. The molecule has 0 spiro atoms. The molecule has 0 saturated heterocycles. The van der Waals surface area contributed by atoms with Crippen LogP contribution in [0.5, 0.6) is 0 Å². The molecular formula is C9H8N2S2. The van der Waals surface area contributed by atoms with Crippen LogP contribution in [0.15, 0.2) is 25.9 Å². The third-order valence-corrected chi connectivity index (χ3v) is 3.31. The Labute approximate surface area is 86.1 Å². The van der Waals surface area contributed by atoms with E-state index in [1.165, 1.54) is 23.5 Å². The van der Waals surface area contributed by atoms with E-state index in [4.69, 9.17) is 11.8 Å². The van der Waals surface area contributed by atoms with E-state index in [9.17, 15) is 0 Å². The Bertz CT molecular complexity index is 358. The number of hydrogen-bond acceptors (Lipinski definition) is 4. The third-order valence-electron chi connectivity index (χ3n) is 1.48. The molecule has 13 heavy (non-hydrogen) atoms. The number of allylic oxidation sites excluding steroid dienone is 2. The standard InChI is InChI=1S/C9H8N2S2/c1-4-6-5-13-8(7(6)10)9(11-2)12-3/h1,5,10H,2H2,3H3/b9-8-,10-7?. The molecule has 2 nitrogen and oxygen atoms in total. The highest BCUT2D eigenvalue weighted by Gasteiger charge is 2.19. The summed E-state index contributed by atoms with van der Waals surface area (Å²) in [6.07, 6.45) is 7.12.